The second-order valence-electron chi connectivity index (χ2n) is 4.50. The van der Waals surface area contributed by atoms with Crippen LogP contribution in [0.3, 0.4) is 0 Å². The van der Waals surface area contributed by atoms with E-state index in [0.717, 1.165) is 16.8 Å². The fourth-order valence-corrected chi connectivity index (χ4v) is 2.31. The number of aryl methyl sites for hydroxylation is 1. The molecule has 2 aromatic carbocycles. The van der Waals surface area contributed by atoms with Crippen molar-refractivity contribution in [3.05, 3.63) is 53.1 Å². The van der Waals surface area contributed by atoms with E-state index in [1.807, 2.05) is 43.3 Å². The average molecular weight is 286 g/mol. The van der Waals surface area contributed by atoms with Gasteiger partial charge in [0, 0.05) is 11.3 Å². The highest BCUT2D eigenvalue weighted by molar-refractivity contribution is 6.32. The maximum atomic E-state index is 6.20. The van der Waals surface area contributed by atoms with E-state index in [9.17, 15) is 0 Å². The van der Waals surface area contributed by atoms with Crippen molar-refractivity contribution in [2.24, 2.45) is 0 Å². The number of para-hydroxylation sites is 1. The summed E-state index contributed by atoms with van der Waals surface area (Å²) in [7, 11) is 0. The summed E-state index contributed by atoms with van der Waals surface area (Å²) >= 11 is 6.20. The van der Waals surface area contributed by atoms with Crippen LogP contribution in [0.15, 0.2) is 42.5 Å². The number of tetrazole rings is 1. The van der Waals surface area contributed by atoms with Crippen LogP contribution in [-0.2, 0) is 0 Å². The highest BCUT2D eigenvalue weighted by Crippen LogP contribution is 2.26. The number of rotatable bonds is 2. The van der Waals surface area contributed by atoms with E-state index in [4.69, 9.17) is 17.3 Å². The Morgan fingerprint density at radius 1 is 1.15 bits per heavy atom. The van der Waals surface area contributed by atoms with E-state index in [1.54, 1.807) is 10.7 Å². The first-order valence-corrected chi connectivity index (χ1v) is 6.44. The van der Waals surface area contributed by atoms with Crippen molar-refractivity contribution < 1.29 is 0 Å². The van der Waals surface area contributed by atoms with Gasteiger partial charge in [-0.1, -0.05) is 23.7 Å². The maximum Gasteiger partial charge on any atom is 0.187 e. The number of nitrogens with two attached hydrogens (primary N) is 1. The summed E-state index contributed by atoms with van der Waals surface area (Å²) in [5.41, 5.74) is 9.19. The molecule has 0 radical (unpaired) electrons. The predicted molar refractivity (Wildman–Crippen MR) is 78.7 cm³/mol. The summed E-state index contributed by atoms with van der Waals surface area (Å²) < 4.78 is 1.61. The van der Waals surface area contributed by atoms with Crippen molar-refractivity contribution in [1.82, 2.24) is 20.2 Å². The van der Waals surface area contributed by atoms with Gasteiger partial charge in [0.2, 0.25) is 0 Å². The Hall–Kier alpha value is -2.40. The van der Waals surface area contributed by atoms with E-state index in [1.165, 1.54) is 0 Å². The number of nitrogen functional groups attached to an aromatic ring is 1. The normalized spacial score (nSPS) is 10.7. The molecule has 6 heteroatoms. The third-order valence-electron chi connectivity index (χ3n) is 2.91. The summed E-state index contributed by atoms with van der Waals surface area (Å²) in [5.74, 6) is 0.605. The zero-order valence-corrected chi connectivity index (χ0v) is 11.5. The Labute approximate surface area is 121 Å². The van der Waals surface area contributed by atoms with Crippen LogP contribution in [-0.4, -0.2) is 20.2 Å². The van der Waals surface area contributed by atoms with Gasteiger partial charge in [0.15, 0.2) is 5.82 Å². The van der Waals surface area contributed by atoms with Gasteiger partial charge < -0.3 is 5.73 Å². The highest BCUT2D eigenvalue weighted by Gasteiger charge is 2.13. The smallest absolute Gasteiger partial charge is 0.187 e. The van der Waals surface area contributed by atoms with Crippen LogP contribution in [0.2, 0.25) is 5.02 Å². The molecule has 1 heterocycles. The average Bonchev–Trinajstić information content (AvgIpc) is 2.87. The van der Waals surface area contributed by atoms with Gasteiger partial charge in [-0.3, -0.25) is 0 Å². The molecule has 20 heavy (non-hydrogen) atoms. The van der Waals surface area contributed by atoms with Crippen LogP contribution in [0.5, 0.6) is 0 Å². The zero-order chi connectivity index (χ0) is 14.1. The lowest BCUT2D eigenvalue weighted by molar-refractivity contribution is 0.791. The van der Waals surface area contributed by atoms with Crippen LogP contribution in [0.1, 0.15) is 5.56 Å². The van der Waals surface area contributed by atoms with Gasteiger partial charge in [-0.05, 0) is 53.2 Å². The quantitative estimate of drug-likeness (QED) is 0.735. The fourth-order valence-electron chi connectivity index (χ4n) is 2.09. The molecule has 3 aromatic rings. The molecule has 0 spiro atoms. The van der Waals surface area contributed by atoms with Crippen LogP contribution >= 0.6 is 11.6 Å². The Kier molecular flexibility index (Phi) is 3.12. The van der Waals surface area contributed by atoms with Gasteiger partial charge in [0.25, 0.3) is 0 Å². The number of benzene rings is 2. The molecule has 1 aromatic heterocycles. The second kappa shape index (κ2) is 4.94. The Morgan fingerprint density at radius 3 is 2.70 bits per heavy atom. The van der Waals surface area contributed by atoms with Gasteiger partial charge in [-0.2, -0.15) is 4.68 Å². The minimum absolute atomic E-state index is 0.585. The summed E-state index contributed by atoms with van der Waals surface area (Å²) in [5, 5.41) is 12.4. The number of hydrogen-bond acceptors (Lipinski definition) is 4. The van der Waals surface area contributed by atoms with Gasteiger partial charge >= 0.3 is 0 Å². The van der Waals surface area contributed by atoms with Crippen molar-refractivity contribution in [2.45, 2.75) is 6.92 Å². The third kappa shape index (κ3) is 2.23. The number of anilines is 1. The molecule has 0 saturated heterocycles. The molecule has 2 N–H and O–H groups in total. The lowest BCUT2D eigenvalue weighted by Gasteiger charge is -2.07. The molecule has 0 bridgehead atoms. The summed E-state index contributed by atoms with van der Waals surface area (Å²) in [4.78, 5) is 0. The maximum absolute atomic E-state index is 6.20. The number of aromatic nitrogens is 4. The van der Waals surface area contributed by atoms with Crippen molar-refractivity contribution in [2.75, 3.05) is 5.73 Å². The Morgan fingerprint density at radius 2 is 1.95 bits per heavy atom. The van der Waals surface area contributed by atoms with Gasteiger partial charge in [-0.15, -0.1) is 5.10 Å². The minimum atomic E-state index is 0.585. The number of nitrogens with zero attached hydrogens (tertiary/aromatic N) is 4. The van der Waals surface area contributed by atoms with Gasteiger partial charge in [0.05, 0.1) is 10.7 Å². The summed E-state index contributed by atoms with van der Waals surface area (Å²) in [6, 6.07) is 13.1. The standard InChI is InChI=1S/C14H12ClN5/c1-9-6-10(8-11(16)7-9)14-17-18-19-20(14)13-5-3-2-4-12(13)15/h2-8H,16H2,1H3. The predicted octanol–water partition coefficient (Wildman–Crippen LogP) is 2.87. The van der Waals surface area contributed by atoms with Crippen molar-refractivity contribution in [3.63, 3.8) is 0 Å². The molecule has 0 atom stereocenters. The van der Waals surface area contributed by atoms with E-state index in [-0.39, 0.29) is 0 Å². The Bertz CT molecular complexity index is 746. The molecule has 0 aliphatic carbocycles. The fraction of sp³-hybridized carbons (Fsp3) is 0.0714. The van der Waals surface area contributed by atoms with Crippen LogP contribution in [0, 0.1) is 6.92 Å². The molecule has 3 rings (SSSR count). The van der Waals surface area contributed by atoms with Gasteiger partial charge in [-0.25, -0.2) is 0 Å². The van der Waals surface area contributed by atoms with Crippen molar-refractivity contribution in [3.8, 4) is 17.1 Å². The van der Waals surface area contributed by atoms with Crippen molar-refractivity contribution >= 4 is 17.3 Å². The largest absolute Gasteiger partial charge is 0.399 e. The van der Waals surface area contributed by atoms with Crippen LogP contribution in [0.25, 0.3) is 17.1 Å². The van der Waals surface area contributed by atoms with E-state index in [2.05, 4.69) is 15.5 Å². The van der Waals surface area contributed by atoms with E-state index in [0.29, 0.717) is 16.5 Å². The lowest BCUT2D eigenvalue weighted by atomic mass is 10.1. The number of hydrogen-bond donors (Lipinski definition) is 1. The molecular formula is C14H12ClN5. The van der Waals surface area contributed by atoms with E-state index < -0.39 is 0 Å². The third-order valence-corrected chi connectivity index (χ3v) is 3.23. The first kappa shape index (κ1) is 12.6. The SMILES string of the molecule is Cc1cc(N)cc(-c2nnnn2-c2ccccc2Cl)c1. The second-order valence-corrected chi connectivity index (χ2v) is 4.91. The minimum Gasteiger partial charge on any atom is -0.399 e. The first-order chi connectivity index (χ1) is 9.65. The topological polar surface area (TPSA) is 69.6 Å². The number of halogens is 1. The Balaban J connectivity index is 2.18. The molecule has 5 nitrogen and oxygen atoms in total. The summed E-state index contributed by atoms with van der Waals surface area (Å²) in [6.45, 7) is 1.98. The van der Waals surface area contributed by atoms with E-state index >= 15 is 0 Å². The van der Waals surface area contributed by atoms with Crippen molar-refractivity contribution in [1.29, 1.82) is 0 Å². The molecular weight excluding hydrogens is 274 g/mol. The molecule has 100 valence electrons. The molecule has 0 unspecified atom stereocenters. The lowest BCUT2D eigenvalue weighted by Crippen LogP contribution is -2.01. The van der Waals surface area contributed by atoms with Crippen LogP contribution in [0.4, 0.5) is 5.69 Å². The molecule has 0 aliphatic heterocycles. The molecule has 0 amide bonds. The van der Waals surface area contributed by atoms with Gasteiger partial charge in [0.1, 0.15) is 0 Å². The van der Waals surface area contributed by atoms with Crippen LogP contribution < -0.4 is 5.73 Å². The highest BCUT2D eigenvalue weighted by atomic mass is 35.5. The molecule has 0 fully saturated rings. The first-order valence-electron chi connectivity index (χ1n) is 6.06. The monoisotopic (exact) mass is 285 g/mol. The molecule has 0 saturated carbocycles. The zero-order valence-electron chi connectivity index (χ0n) is 10.8. The summed E-state index contributed by atoms with van der Waals surface area (Å²) in [6.07, 6.45) is 0. The molecule has 0 aliphatic rings.